The number of benzene rings is 1. The molecule has 3 heterocycles. The molecule has 0 aliphatic heterocycles. The van der Waals surface area contributed by atoms with Crippen molar-refractivity contribution in [3.63, 3.8) is 0 Å². The lowest BCUT2D eigenvalue weighted by molar-refractivity contribution is -0.184. The summed E-state index contributed by atoms with van der Waals surface area (Å²) in [6.07, 6.45) is -7.33. The molecule has 0 spiro atoms. The van der Waals surface area contributed by atoms with Gasteiger partial charge in [-0.3, -0.25) is 9.59 Å². The van der Waals surface area contributed by atoms with Crippen LogP contribution in [0.2, 0.25) is 0 Å². The maximum atomic E-state index is 13.9. The van der Waals surface area contributed by atoms with E-state index in [4.69, 9.17) is 4.74 Å². The number of aromatic nitrogens is 5. The Bertz CT molecular complexity index is 1810. The summed E-state index contributed by atoms with van der Waals surface area (Å²) in [4.78, 5) is 40.5. The number of rotatable bonds is 13. The number of nitrogens with one attached hydrogen (secondary N) is 3. The van der Waals surface area contributed by atoms with Crippen molar-refractivity contribution in [3.8, 4) is 5.88 Å². The van der Waals surface area contributed by atoms with Crippen molar-refractivity contribution < 1.29 is 49.4 Å². The van der Waals surface area contributed by atoms with Crippen LogP contribution in [0.4, 0.5) is 46.8 Å². The number of carbonyl (C=O) groups is 2. The molecule has 4 aromatic rings. The summed E-state index contributed by atoms with van der Waals surface area (Å²) in [6.45, 7) is -1.22. The number of fused-ring (bicyclic) bond motifs is 1. The maximum Gasteiger partial charge on any atom is 0.418 e. The van der Waals surface area contributed by atoms with E-state index in [0.29, 0.717) is 31.2 Å². The van der Waals surface area contributed by atoms with Crippen LogP contribution in [-0.4, -0.2) is 55.4 Å². The van der Waals surface area contributed by atoms with Crippen molar-refractivity contribution in [2.75, 3.05) is 11.9 Å². The molecular formula is C32H33F8N7O3. The highest BCUT2D eigenvalue weighted by Gasteiger charge is 2.41. The maximum absolute atomic E-state index is 13.9. The molecule has 3 aromatic heterocycles. The average Bonchev–Trinajstić information content (AvgIpc) is 3.66. The molecule has 50 heavy (non-hydrogen) atoms. The van der Waals surface area contributed by atoms with E-state index in [9.17, 15) is 44.7 Å². The molecule has 1 fully saturated rings. The molecule has 18 heteroatoms. The Morgan fingerprint density at radius 3 is 2.44 bits per heavy atom. The smallest absolute Gasteiger partial charge is 0.418 e. The number of anilines is 2. The van der Waals surface area contributed by atoms with Crippen LogP contribution in [0.3, 0.4) is 0 Å². The Morgan fingerprint density at radius 2 is 1.80 bits per heavy atom. The fourth-order valence-corrected chi connectivity index (χ4v) is 5.93. The van der Waals surface area contributed by atoms with Gasteiger partial charge in [-0.05, 0) is 61.8 Å². The summed E-state index contributed by atoms with van der Waals surface area (Å²) in [5.74, 6) is -2.91. The van der Waals surface area contributed by atoms with Gasteiger partial charge in [0.25, 0.3) is 12.3 Å². The van der Waals surface area contributed by atoms with Crippen LogP contribution >= 0.6 is 0 Å². The van der Waals surface area contributed by atoms with Gasteiger partial charge in [0.2, 0.25) is 11.8 Å². The van der Waals surface area contributed by atoms with E-state index in [2.05, 4.69) is 30.6 Å². The molecular weight excluding hydrogens is 682 g/mol. The summed E-state index contributed by atoms with van der Waals surface area (Å²) >= 11 is 0. The molecule has 0 unspecified atom stereocenters. The van der Waals surface area contributed by atoms with Gasteiger partial charge in [0.1, 0.15) is 0 Å². The number of aryl methyl sites for hydroxylation is 1. The van der Waals surface area contributed by atoms with Gasteiger partial charge in [0.05, 0.1) is 28.2 Å². The summed E-state index contributed by atoms with van der Waals surface area (Å²) < 4.78 is 113. The van der Waals surface area contributed by atoms with Gasteiger partial charge < -0.3 is 24.9 Å². The van der Waals surface area contributed by atoms with Crippen LogP contribution in [0.25, 0.3) is 11.2 Å². The number of hydrogen-bond donors (Lipinski definition) is 3. The Hall–Kier alpha value is -4.77. The first-order valence-electron chi connectivity index (χ1n) is 15.7. The second-order valence-corrected chi connectivity index (χ2v) is 12.1. The second kappa shape index (κ2) is 15.0. The standard InChI is InChI=1S/C32H33F8N7O3/c1-47-12-11-41-27(47)28(49)42-15-18-7-10-21(32(38,39)40)22(13-18)43-30-44-23-14-20(29(45-26(23)46-30)50-16-25(33)34)24(48)4-2-3-17-5-8-19(9-6-17)31(35,36)37/h7,10-14,17,19,25H,2-6,8-9,15-16H2,1H3,(H,42,49)(H2,43,44,45,46). The highest BCUT2D eigenvalue weighted by molar-refractivity contribution is 6.00. The van der Waals surface area contributed by atoms with E-state index < -0.39 is 60.1 Å². The van der Waals surface area contributed by atoms with Crippen molar-refractivity contribution in [2.45, 2.75) is 70.3 Å². The SMILES string of the molecule is Cn1ccnc1C(=O)NCc1ccc(C(F)(F)F)c(Nc2nc3nc(OCC(F)F)c(C(=O)CCCC4CCC(C(F)(F)F)CC4)cc3[nH]2)c1. The van der Waals surface area contributed by atoms with Crippen molar-refractivity contribution in [1.82, 2.24) is 29.8 Å². The first-order valence-corrected chi connectivity index (χ1v) is 15.7. The summed E-state index contributed by atoms with van der Waals surface area (Å²) in [6, 6.07) is 4.46. The van der Waals surface area contributed by atoms with Gasteiger partial charge >= 0.3 is 12.4 Å². The topological polar surface area (TPSA) is 127 Å². The highest BCUT2D eigenvalue weighted by Crippen LogP contribution is 2.41. The van der Waals surface area contributed by atoms with Crippen molar-refractivity contribution >= 4 is 34.5 Å². The van der Waals surface area contributed by atoms with Crippen LogP contribution in [0, 0.1) is 11.8 Å². The number of hydrogen-bond acceptors (Lipinski definition) is 7. The fourth-order valence-electron chi connectivity index (χ4n) is 5.93. The Labute approximate surface area is 280 Å². The highest BCUT2D eigenvalue weighted by atomic mass is 19.4. The molecule has 1 aromatic carbocycles. The molecule has 1 saturated carbocycles. The van der Waals surface area contributed by atoms with E-state index >= 15 is 0 Å². The molecule has 0 bridgehead atoms. The lowest BCUT2D eigenvalue weighted by Gasteiger charge is -2.29. The molecule has 1 amide bonds. The minimum absolute atomic E-state index is 0.0230. The van der Waals surface area contributed by atoms with Gasteiger partial charge in [0, 0.05) is 32.4 Å². The van der Waals surface area contributed by atoms with E-state index in [1.165, 1.54) is 29.0 Å². The molecule has 10 nitrogen and oxygen atoms in total. The number of pyridine rings is 1. The van der Waals surface area contributed by atoms with Crippen molar-refractivity contribution in [3.05, 3.63) is 59.2 Å². The number of ether oxygens (including phenoxy) is 1. The Balaban J connectivity index is 1.32. The zero-order valence-electron chi connectivity index (χ0n) is 26.6. The predicted octanol–water partition coefficient (Wildman–Crippen LogP) is 7.75. The van der Waals surface area contributed by atoms with Gasteiger partial charge in [0.15, 0.2) is 23.9 Å². The normalized spacial score (nSPS) is 16.9. The predicted molar refractivity (Wildman–Crippen MR) is 164 cm³/mol. The first-order chi connectivity index (χ1) is 23.6. The quantitative estimate of drug-likeness (QED) is 0.0955. The third-order valence-corrected chi connectivity index (χ3v) is 8.53. The number of ketones is 1. The summed E-state index contributed by atoms with van der Waals surface area (Å²) in [5.41, 5.74) is -1.36. The number of imidazole rings is 2. The zero-order chi connectivity index (χ0) is 36.2. The van der Waals surface area contributed by atoms with Gasteiger partial charge in [-0.1, -0.05) is 12.5 Å². The van der Waals surface area contributed by atoms with Crippen molar-refractivity contribution in [2.24, 2.45) is 18.9 Å². The molecule has 0 saturated heterocycles. The molecule has 0 radical (unpaired) electrons. The third-order valence-electron chi connectivity index (χ3n) is 8.53. The molecule has 1 aliphatic rings. The number of alkyl halides is 8. The molecule has 3 N–H and O–H groups in total. The number of amides is 1. The fraction of sp³-hybridized carbons (Fsp3) is 0.469. The second-order valence-electron chi connectivity index (χ2n) is 12.1. The number of nitrogens with zero attached hydrogens (tertiary/aromatic N) is 4. The molecule has 0 atom stereocenters. The van der Waals surface area contributed by atoms with E-state index in [1.54, 1.807) is 13.2 Å². The minimum Gasteiger partial charge on any atom is -0.471 e. The molecule has 5 rings (SSSR count). The Kier molecular flexibility index (Phi) is 11.0. The number of Topliss-reactive ketones (excluding diaryl/α,β-unsaturated/α-hetero) is 1. The molecule has 1 aliphatic carbocycles. The average molecular weight is 716 g/mol. The molecule has 270 valence electrons. The van der Waals surface area contributed by atoms with Crippen LogP contribution in [0.1, 0.15) is 77.0 Å². The Morgan fingerprint density at radius 1 is 1.06 bits per heavy atom. The number of H-pyrrole nitrogens is 1. The van der Waals surface area contributed by atoms with Gasteiger partial charge in [-0.2, -0.15) is 36.3 Å². The summed E-state index contributed by atoms with van der Waals surface area (Å²) in [5, 5.41) is 5.15. The van der Waals surface area contributed by atoms with Gasteiger partial charge in [-0.15, -0.1) is 0 Å². The zero-order valence-corrected chi connectivity index (χ0v) is 26.6. The minimum atomic E-state index is -4.78. The number of halogens is 8. The largest absolute Gasteiger partial charge is 0.471 e. The first kappa shape index (κ1) is 36.5. The van der Waals surface area contributed by atoms with E-state index in [1.807, 2.05) is 0 Å². The van der Waals surface area contributed by atoms with Crippen molar-refractivity contribution in [1.29, 1.82) is 0 Å². The van der Waals surface area contributed by atoms with Crippen LogP contribution < -0.4 is 15.4 Å². The lowest BCUT2D eigenvalue weighted by atomic mass is 9.79. The van der Waals surface area contributed by atoms with Crippen LogP contribution in [-0.2, 0) is 19.8 Å². The number of carbonyl (C=O) groups excluding carboxylic acids is 2. The monoisotopic (exact) mass is 715 g/mol. The third kappa shape index (κ3) is 9.06. The summed E-state index contributed by atoms with van der Waals surface area (Å²) in [7, 11) is 1.61. The number of aromatic amines is 1. The van der Waals surface area contributed by atoms with Gasteiger partial charge in [-0.25, -0.2) is 13.8 Å². The lowest BCUT2D eigenvalue weighted by Crippen LogP contribution is -2.27. The van der Waals surface area contributed by atoms with Crippen LogP contribution in [0.15, 0.2) is 36.7 Å². The van der Waals surface area contributed by atoms with E-state index in [0.717, 1.165) is 6.07 Å². The van der Waals surface area contributed by atoms with Crippen LogP contribution in [0.5, 0.6) is 5.88 Å². The van der Waals surface area contributed by atoms with E-state index in [-0.39, 0.29) is 60.2 Å².